The van der Waals surface area contributed by atoms with Gasteiger partial charge in [-0.25, -0.2) is 9.69 Å². The number of barbiturate groups is 1. The van der Waals surface area contributed by atoms with E-state index in [0.717, 1.165) is 4.90 Å². The largest absolute Gasteiger partial charge is 0.331 e. The molecule has 15 heavy (non-hydrogen) atoms. The monoisotopic (exact) mass is 206 g/mol. The summed E-state index contributed by atoms with van der Waals surface area (Å²) in [6.45, 7) is 1.57. The van der Waals surface area contributed by atoms with E-state index in [1.165, 1.54) is 0 Å². The van der Waals surface area contributed by atoms with Gasteiger partial charge in [0.1, 0.15) is 5.41 Å². The average Bonchev–Trinajstić information content (AvgIpc) is 2.96. The molecule has 1 saturated heterocycles. The lowest BCUT2D eigenvalue weighted by atomic mass is 10.0. The van der Waals surface area contributed by atoms with Crippen LogP contribution in [0.5, 0.6) is 0 Å². The van der Waals surface area contributed by atoms with E-state index >= 15 is 0 Å². The summed E-state index contributed by atoms with van der Waals surface area (Å²) >= 11 is 0. The fraction of sp³-hybridized carbons (Fsp3) is 0.500. The zero-order valence-corrected chi connectivity index (χ0v) is 8.24. The zero-order chi connectivity index (χ0) is 11.2. The van der Waals surface area contributed by atoms with Crippen LogP contribution < -0.4 is 5.32 Å². The summed E-state index contributed by atoms with van der Waals surface area (Å²) in [6, 6.07) is -1.34. The minimum absolute atomic E-state index is 0.457. The van der Waals surface area contributed by atoms with Gasteiger partial charge >= 0.3 is 6.03 Å². The van der Waals surface area contributed by atoms with Gasteiger partial charge in [0, 0.05) is 0 Å². The molecule has 0 aromatic heterocycles. The highest BCUT2D eigenvalue weighted by atomic mass is 16.2. The maximum Gasteiger partial charge on any atom is 0.331 e. The van der Waals surface area contributed by atoms with Crippen molar-refractivity contribution in [2.24, 2.45) is 5.41 Å². The number of amides is 4. The van der Waals surface area contributed by atoms with E-state index in [0.29, 0.717) is 12.8 Å². The molecule has 1 N–H and O–H groups in total. The van der Waals surface area contributed by atoms with Gasteiger partial charge in [-0.15, -0.1) is 6.42 Å². The average molecular weight is 206 g/mol. The van der Waals surface area contributed by atoms with E-state index in [1.807, 2.05) is 0 Å². The van der Waals surface area contributed by atoms with Crippen LogP contribution in [0.1, 0.15) is 19.8 Å². The van der Waals surface area contributed by atoms with Crippen molar-refractivity contribution >= 4 is 17.8 Å². The summed E-state index contributed by atoms with van der Waals surface area (Å²) in [5.41, 5.74) is -1.00. The predicted molar refractivity (Wildman–Crippen MR) is 50.3 cm³/mol. The van der Waals surface area contributed by atoms with Gasteiger partial charge in [0.2, 0.25) is 11.8 Å². The second-order valence-electron chi connectivity index (χ2n) is 3.86. The van der Waals surface area contributed by atoms with Crippen molar-refractivity contribution in [3.8, 4) is 12.3 Å². The van der Waals surface area contributed by atoms with Gasteiger partial charge in [0.15, 0.2) is 0 Å². The van der Waals surface area contributed by atoms with Crippen LogP contribution in [0.3, 0.4) is 0 Å². The molecule has 78 valence electrons. The van der Waals surface area contributed by atoms with E-state index in [9.17, 15) is 14.4 Å². The molecule has 0 bridgehead atoms. The Labute approximate surface area is 86.8 Å². The highest BCUT2D eigenvalue weighted by Gasteiger charge is 2.62. The number of carbonyl (C=O) groups is 3. The summed E-state index contributed by atoms with van der Waals surface area (Å²) in [7, 11) is 0. The molecule has 0 aromatic rings. The molecule has 5 nitrogen and oxygen atoms in total. The summed E-state index contributed by atoms with van der Waals surface area (Å²) in [4.78, 5) is 35.7. The lowest BCUT2D eigenvalue weighted by molar-refractivity contribution is -0.145. The highest BCUT2D eigenvalue weighted by molar-refractivity contribution is 6.21. The van der Waals surface area contributed by atoms with Crippen LogP contribution in [0.15, 0.2) is 0 Å². The maximum atomic E-state index is 11.9. The molecule has 0 aromatic carbocycles. The van der Waals surface area contributed by atoms with E-state index in [-0.39, 0.29) is 0 Å². The molecule has 5 heteroatoms. The number of urea groups is 1. The Hall–Kier alpha value is -1.83. The molecular weight excluding hydrogens is 196 g/mol. The first-order chi connectivity index (χ1) is 7.03. The molecule has 1 spiro atoms. The molecule has 2 fully saturated rings. The number of hydrogen-bond donors (Lipinski definition) is 1. The van der Waals surface area contributed by atoms with Crippen LogP contribution in [0, 0.1) is 17.8 Å². The Morgan fingerprint density at radius 3 is 2.53 bits per heavy atom. The summed E-state index contributed by atoms with van der Waals surface area (Å²) in [6.07, 6.45) is 6.16. The molecule has 1 aliphatic heterocycles. The Balaban J connectivity index is 2.33. The Bertz CT molecular complexity index is 403. The molecule has 2 aliphatic rings. The quantitative estimate of drug-likeness (QED) is 0.480. The normalized spacial score (nSPS) is 24.8. The number of hydrogen-bond acceptors (Lipinski definition) is 3. The van der Waals surface area contributed by atoms with E-state index in [2.05, 4.69) is 11.2 Å². The number of nitrogens with one attached hydrogen (secondary N) is 1. The van der Waals surface area contributed by atoms with Crippen LogP contribution in [-0.4, -0.2) is 28.8 Å². The first-order valence-electron chi connectivity index (χ1n) is 4.68. The van der Waals surface area contributed by atoms with E-state index in [4.69, 9.17) is 6.42 Å². The third-order valence-electron chi connectivity index (χ3n) is 2.88. The summed E-state index contributed by atoms with van der Waals surface area (Å²) in [5, 5.41) is 2.16. The third kappa shape index (κ3) is 1.14. The molecule has 0 radical (unpaired) electrons. The van der Waals surface area contributed by atoms with Crippen molar-refractivity contribution in [2.45, 2.75) is 25.8 Å². The van der Waals surface area contributed by atoms with Crippen molar-refractivity contribution in [3.63, 3.8) is 0 Å². The molecule has 1 heterocycles. The number of carbonyl (C=O) groups excluding carboxylic acids is 3. The van der Waals surface area contributed by atoms with Crippen LogP contribution in [0.2, 0.25) is 0 Å². The minimum atomic E-state index is -1.00. The first-order valence-corrected chi connectivity index (χ1v) is 4.68. The Morgan fingerprint density at radius 2 is 2.07 bits per heavy atom. The number of rotatable bonds is 1. The second kappa shape index (κ2) is 2.83. The lowest BCUT2D eigenvalue weighted by Gasteiger charge is -2.32. The second-order valence-corrected chi connectivity index (χ2v) is 3.86. The standard InChI is InChI=1S/C10H10N2O3/c1-3-6(2)12-8(14)10(4-5-10)7(13)11-9(12)15/h1,6H,4-5H2,2H3,(H,11,13,15). The van der Waals surface area contributed by atoms with Gasteiger partial charge < -0.3 is 0 Å². The van der Waals surface area contributed by atoms with Crippen molar-refractivity contribution < 1.29 is 14.4 Å². The first kappa shape index (κ1) is 9.71. The van der Waals surface area contributed by atoms with Crippen molar-refractivity contribution in [3.05, 3.63) is 0 Å². The minimum Gasteiger partial charge on any atom is -0.277 e. The SMILES string of the molecule is C#CC(C)N1C(=O)NC(=O)C2(CC2)C1=O. The van der Waals surface area contributed by atoms with Crippen LogP contribution in [-0.2, 0) is 9.59 Å². The lowest BCUT2D eigenvalue weighted by Crippen LogP contribution is -2.61. The molecule has 1 saturated carbocycles. The number of terminal acetylenes is 1. The molecular formula is C10H10N2O3. The van der Waals surface area contributed by atoms with Crippen LogP contribution >= 0.6 is 0 Å². The Kier molecular flexibility index (Phi) is 1.83. The van der Waals surface area contributed by atoms with E-state index in [1.54, 1.807) is 6.92 Å². The molecule has 2 rings (SSSR count). The van der Waals surface area contributed by atoms with Gasteiger partial charge in [-0.05, 0) is 19.8 Å². The van der Waals surface area contributed by atoms with Gasteiger partial charge in [0.05, 0.1) is 6.04 Å². The molecule has 1 unspecified atom stereocenters. The van der Waals surface area contributed by atoms with Crippen LogP contribution in [0.4, 0.5) is 4.79 Å². The van der Waals surface area contributed by atoms with Gasteiger partial charge in [-0.3, -0.25) is 14.9 Å². The van der Waals surface area contributed by atoms with E-state index < -0.39 is 29.3 Å². The molecule has 4 amide bonds. The van der Waals surface area contributed by atoms with Gasteiger partial charge in [-0.2, -0.15) is 0 Å². The third-order valence-corrected chi connectivity index (χ3v) is 2.88. The van der Waals surface area contributed by atoms with Crippen molar-refractivity contribution in [2.75, 3.05) is 0 Å². The number of imide groups is 2. The van der Waals surface area contributed by atoms with Crippen molar-refractivity contribution in [1.29, 1.82) is 0 Å². The fourth-order valence-corrected chi connectivity index (χ4v) is 1.69. The number of nitrogens with zero attached hydrogens (tertiary/aromatic N) is 1. The topological polar surface area (TPSA) is 66.5 Å². The van der Waals surface area contributed by atoms with Crippen LogP contribution in [0.25, 0.3) is 0 Å². The van der Waals surface area contributed by atoms with Crippen molar-refractivity contribution in [1.82, 2.24) is 10.2 Å². The molecule has 1 aliphatic carbocycles. The predicted octanol–water partition coefficient (Wildman–Crippen LogP) is -0.133. The van der Waals surface area contributed by atoms with Gasteiger partial charge in [0.25, 0.3) is 0 Å². The highest BCUT2D eigenvalue weighted by Crippen LogP contribution is 2.49. The van der Waals surface area contributed by atoms with Gasteiger partial charge in [-0.1, -0.05) is 5.92 Å². The summed E-state index contributed by atoms with van der Waals surface area (Å²) < 4.78 is 0. The maximum absolute atomic E-state index is 11.9. The Morgan fingerprint density at radius 1 is 1.47 bits per heavy atom. The fourth-order valence-electron chi connectivity index (χ4n) is 1.69. The zero-order valence-electron chi connectivity index (χ0n) is 8.24. The smallest absolute Gasteiger partial charge is 0.277 e. The molecule has 1 atom stereocenters. The summed E-state index contributed by atoms with van der Waals surface area (Å²) in [5.74, 6) is 1.36.